The highest BCUT2D eigenvalue weighted by atomic mass is 19.4. The van der Waals surface area contributed by atoms with E-state index in [9.17, 15) is 22.8 Å². The van der Waals surface area contributed by atoms with Crippen molar-refractivity contribution in [1.82, 2.24) is 14.7 Å². The monoisotopic (exact) mass is 687 g/mol. The number of rotatable bonds is 11. The van der Waals surface area contributed by atoms with Gasteiger partial charge in [-0.25, -0.2) is 0 Å². The molecule has 0 bridgehead atoms. The summed E-state index contributed by atoms with van der Waals surface area (Å²) in [5.41, 5.74) is 4.78. The summed E-state index contributed by atoms with van der Waals surface area (Å²) in [5, 5.41) is 0. The smallest absolute Gasteiger partial charge is 0.338 e. The molecule has 0 N–H and O–H groups in total. The Morgan fingerprint density at radius 1 is 0.647 bits per heavy atom. The second kappa shape index (κ2) is 16.5. The predicted molar refractivity (Wildman–Crippen MR) is 195 cm³/mol. The van der Waals surface area contributed by atoms with Gasteiger partial charge in [-0.05, 0) is 51.6 Å². The van der Waals surface area contributed by atoms with E-state index in [0.29, 0.717) is 38.2 Å². The molecule has 1 atom stereocenters. The number of alkyl halides is 3. The van der Waals surface area contributed by atoms with Gasteiger partial charge in [0.05, 0.1) is 5.56 Å². The zero-order valence-electron chi connectivity index (χ0n) is 28.3. The largest absolute Gasteiger partial charge is 0.416 e. The lowest BCUT2D eigenvalue weighted by Gasteiger charge is -2.39. The number of halogens is 3. The van der Waals surface area contributed by atoms with Gasteiger partial charge < -0.3 is 9.80 Å². The second-order valence-electron chi connectivity index (χ2n) is 12.8. The number of carbonyl (C=O) groups excluding carboxylic acids is 2. The Morgan fingerprint density at radius 3 is 1.78 bits per heavy atom. The van der Waals surface area contributed by atoms with Crippen LogP contribution in [0.1, 0.15) is 27.8 Å². The summed E-state index contributed by atoms with van der Waals surface area (Å²) in [6.45, 7) is 3.46. The standard InChI is InChI=1S/C43H40F3N3O2/c44-43(45,46)39-23-18-33(19-24-39)20-25-41(50)49(32-36-16-21-38(22-17-36)37-14-8-3-9-15-37)40(30-34-10-4-1-5-11-34)42(51)48-28-26-47(27-29-48)31-35-12-6-2-7-13-35/h1-25,40H,26-32H2/t40-/m0/s1. The van der Waals surface area contributed by atoms with E-state index >= 15 is 0 Å². The fourth-order valence-corrected chi connectivity index (χ4v) is 6.36. The Labute approximate surface area is 297 Å². The minimum atomic E-state index is -4.46. The van der Waals surface area contributed by atoms with Crippen LogP contribution >= 0.6 is 0 Å². The molecule has 5 aromatic rings. The molecular formula is C43H40F3N3O2. The van der Waals surface area contributed by atoms with Gasteiger partial charge in [0.1, 0.15) is 6.04 Å². The minimum Gasteiger partial charge on any atom is -0.338 e. The second-order valence-corrected chi connectivity index (χ2v) is 12.8. The molecule has 2 amide bonds. The lowest BCUT2D eigenvalue weighted by Crippen LogP contribution is -2.56. The van der Waals surface area contributed by atoms with Crippen LogP contribution in [0.25, 0.3) is 17.2 Å². The zero-order valence-corrected chi connectivity index (χ0v) is 28.3. The fourth-order valence-electron chi connectivity index (χ4n) is 6.36. The highest BCUT2D eigenvalue weighted by molar-refractivity contribution is 5.95. The van der Waals surface area contributed by atoms with Gasteiger partial charge in [-0.1, -0.05) is 127 Å². The van der Waals surface area contributed by atoms with Gasteiger partial charge in [-0.3, -0.25) is 14.5 Å². The minimum absolute atomic E-state index is 0.129. The van der Waals surface area contributed by atoms with Crippen LogP contribution in [0.3, 0.4) is 0 Å². The molecule has 260 valence electrons. The summed E-state index contributed by atoms with van der Waals surface area (Å²) in [5.74, 6) is -0.533. The van der Waals surface area contributed by atoms with E-state index in [0.717, 1.165) is 40.9 Å². The van der Waals surface area contributed by atoms with Crippen LogP contribution in [0.2, 0.25) is 0 Å². The molecule has 0 radical (unpaired) electrons. The number of carbonyl (C=O) groups is 2. The van der Waals surface area contributed by atoms with Gasteiger partial charge in [-0.2, -0.15) is 13.2 Å². The average molecular weight is 688 g/mol. The van der Waals surface area contributed by atoms with Crippen molar-refractivity contribution in [2.24, 2.45) is 0 Å². The van der Waals surface area contributed by atoms with Crippen molar-refractivity contribution >= 4 is 17.9 Å². The molecular weight excluding hydrogens is 647 g/mol. The van der Waals surface area contributed by atoms with Gasteiger partial charge in [-0.15, -0.1) is 0 Å². The molecule has 1 saturated heterocycles. The number of amides is 2. The van der Waals surface area contributed by atoms with Crippen molar-refractivity contribution in [3.05, 3.63) is 173 Å². The van der Waals surface area contributed by atoms with Gasteiger partial charge in [0.25, 0.3) is 0 Å². The van der Waals surface area contributed by atoms with E-state index in [1.54, 1.807) is 4.90 Å². The summed E-state index contributed by atoms with van der Waals surface area (Å²) < 4.78 is 39.5. The molecule has 0 aliphatic carbocycles. The van der Waals surface area contributed by atoms with Crippen LogP contribution in [0, 0.1) is 0 Å². The molecule has 0 saturated carbocycles. The lowest BCUT2D eigenvalue weighted by atomic mass is 10.0. The molecule has 0 aromatic heterocycles. The Hall–Kier alpha value is -5.47. The lowest BCUT2D eigenvalue weighted by molar-refractivity contribution is -0.145. The number of nitrogens with zero attached hydrogens (tertiary/aromatic N) is 3. The Balaban J connectivity index is 1.28. The first-order valence-corrected chi connectivity index (χ1v) is 17.1. The number of benzene rings is 5. The van der Waals surface area contributed by atoms with Gasteiger partial charge in [0.15, 0.2) is 0 Å². The third-order valence-corrected chi connectivity index (χ3v) is 9.22. The van der Waals surface area contributed by atoms with Gasteiger partial charge in [0.2, 0.25) is 11.8 Å². The molecule has 5 nitrogen and oxygen atoms in total. The highest BCUT2D eigenvalue weighted by Gasteiger charge is 2.34. The van der Waals surface area contributed by atoms with E-state index in [1.807, 2.05) is 108 Å². The predicted octanol–water partition coefficient (Wildman–Crippen LogP) is 8.37. The van der Waals surface area contributed by atoms with E-state index in [2.05, 4.69) is 17.0 Å². The normalized spacial score (nSPS) is 14.4. The topological polar surface area (TPSA) is 43.9 Å². The summed E-state index contributed by atoms with van der Waals surface area (Å²) >= 11 is 0. The molecule has 6 rings (SSSR count). The van der Waals surface area contributed by atoms with Crippen LogP contribution in [0.15, 0.2) is 146 Å². The SMILES string of the molecule is O=C([C@H](Cc1ccccc1)N(Cc1ccc(-c2ccccc2)cc1)C(=O)C=Cc1ccc(C(F)(F)F)cc1)N1CCN(Cc2ccccc2)CC1. The molecule has 8 heteroatoms. The molecule has 1 aliphatic rings. The molecule has 1 aliphatic heterocycles. The molecule has 1 fully saturated rings. The molecule has 0 unspecified atom stereocenters. The van der Waals surface area contributed by atoms with Crippen molar-refractivity contribution in [2.45, 2.75) is 31.7 Å². The molecule has 5 aromatic carbocycles. The van der Waals surface area contributed by atoms with Crippen LogP contribution in [-0.2, 0) is 35.3 Å². The molecule has 0 spiro atoms. The Bertz CT molecular complexity index is 1890. The quantitative estimate of drug-likeness (QED) is 0.131. The third kappa shape index (κ3) is 9.61. The summed E-state index contributed by atoms with van der Waals surface area (Å²) in [6, 6.07) is 41.7. The highest BCUT2D eigenvalue weighted by Crippen LogP contribution is 2.29. The molecule has 1 heterocycles. The van der Waals surface area contributed by atoms with Crippen molar-refractivity contribution in [3.8, 4) is 11.1 Å². The van der Waals surface area contributed by atoms with Crippen LogP contribution in [0.4, 0.5) is 13.2 Å². The van der Waals surface area contributed by atoms with E-state index in [1.165, 1.54) is 29.8 Å². The maximum absolute atomic E-state index is 14.5. The zero-order chi connectivity index (χ0) is 35.6. The van der Waals surface area contributed by atoms with E-state index in [-0.39, 0.29) is 12.5 Å². The fraction of sp³-hybridized carbons (Fsp3) is 0.209. The summed E-state index contributed by atoms with van der Waals surface area (Å²) in [7, 11) is 0. The van der Waals surface area contributed by atoms with Crippen LogP contribution in [0.5, 0.6) is 0 Å². The maximum atomic E-state index is 14.5. The first kappa shape index (κ1) is 35.4. The number of piperazine rings is 1. The Kier molecular flexibility index (Phi) is 11.4. The van der Waals surface area contributed by atoms with Crippen LogP contribution in [-0.4, -0.2) is 58.7 Å². The third-order valence-electron chi connectivity index (χ3n) is 9.22. The summed E-state index contributed by atoms with van der Waals surface area (Å²) in [6.07, 6.45) is -1.29. The Morgan fingerprint density at radius 2 is 1.20 bits per heavy atom. The van der Waals surface area contributed by atoms with Gasteiger partial charge >= 0.3 is 6.18 Å². The van der Waals surface area contributed by atoms with Crippen molar-refractivity contribution in [1.29, 1.82) is 0 Å². The van der Waals surface area contributed by atoms with Crippen LogP contribution < -0.4 is 0 Å². The maximum Gasteiger partial charge on any atom is 0.416 e. The molecule has 51 heavy (non-hydrogen) atoms. The van der Waals surface area contributed by atoms with E-state index < -0.39 is 23.7 Å². The average Bonchev–Trinajstić information content (AvgIpc) is 3.16. The first-order valence-electron chi connectivity index (χ1n) is 17.1. The number of hydrogen-bond acceptors (Lipinski definition) is 3. The number of hydrogen-bond donors (Lipinski definition) is 0. The van der Waals surface area contributed by atoms with Gasteiger partial charge in [0, 0.05) is 51.8 Å². The van der Waals surface area contributed by atoms with Crippen molar-refractivity contribution in [3.63, 3.8) is 0 Å². The van der Waals surface area contributed by atoms with E-state index in [4.69, 9.17) is 0 Å². The van der Waals surface area contributed by atoms with Crippen molar-refractivity contribution < 1.29 is 22.8 Å². The summed E-state index contributed by atoms with van der Waals surface area (Å²) in [4.78, 5) is 34.5. The first-order chi connectivity index (χ1) is 24.7. The van der Waals surface area contributed by atoms with Crippen molar-refractivity contribution in [2.75, 3.05) is 26.2 Å².